The van der Waals surface area contributed by atoms with E-state index in [1.807, 2.05) is 6.20 Å². The fourth-order valence-corrected chi connectivity index (χ4v) is 1.89. The minimum Gasteiger partial charge on any atom is -0.310 e. The first-order chi connectivity index (χ1) is 6.77. The van der Waals surface area contributed by atoms with Gasteiger partial charge in [-0.3, -0.25) is 0 Å². The Kier molecular flexibility index (Phi) is 4.98. The molecule has 78 valence electrons. The predicted octanol–water partition coefficient (Wildman–Crippen LogP) is 2.86. The van der Waals surface area contributed by atoms with Gasteiger partial charge in [0.15, 0.2) is 0 Å². The third-order valence-electron chi connectivity index (χ3n) is 2.06. The van der Waals surface area contributed by atoms with Crippen molar-refractivity contribution < 1.29 is 0 Å². The minimum absolute atomic E-state index is 0.396. The molecule has 14 heavy (non-hydrogen) atoms. The van der Waals surface area contributed by atoms with Crippen molar-refractivity contribution in [3.63, 3.8) is 0 Å². The lowest BCUT2D eigenvalue weighted by atomic mass is 10.1. The van der Waals surface area contributed by atoms with Crippen LogP contribution in [0.4, 0.5) is 0 Å². The topological polar surface area (TPSA) is 24.9 Å². The van der Waals surface area contributed by atoms with Crippen molar-refractivity contribution >= 4 is 11.8 Å². The van der Waals surface area contributed by atoms with Gasteiger partial charge in [0.2, 0.25) is 0 Å². The number of nitrogens with zero attached hydrogens (tertiary/aromatic N) is 1. The standard InChI is InChI=1S/C11H18N2S/c1-4-12-9(3)10-6-7-11(13-8-10)14-5-2/h6-9,12H,4-5H2,1-3H3. The second-order valence-corrected chi connectivity index (χ2v) is 4.43. The van der Waals surface area contributed by atoms with Gasteiger partial charge in [-0.1, -0.05) is 19.9 Å². The van der Waals surface area contributed by atoms with Crippen LogP contribution in [0.1, 0.15) is 32.4 Å². The van der Waals surface area contributed by atoms with Crippen LogP contribution in [0.25, 0.3) is 0 Å². The van der Waals surface area contributed by atoms with Gasteiger partial charge >= 0.3 is 0 Å². The molecule has 0 radical (unpaired) electrons. The van der Waals surface area contributed by atoms with Crippen LogP contribution in [-0.2, 0) is 0 Å². The maximum atomic E-state index is 4.39. The SMILES string of the molecule is CCNC(C)c1ccc(SCC)nc1. The smallest absolute Gasteiger partial charge is 0.0959 e. The van der Waals surface area contributed by atoms with Gasteiger partial charge in [-0.25, -0.2) is 4.98 Å². The molecule has 0 fully saturated rings. The summed E-state index contributed by atoms with van der Waals surface area (Å²) in [6, 6.07) is 4.64. The molecular weight excluding hydrogens is 192 g/mol. The lowest BCUT2D eigenvalue weighted by Gasteiger charge is -2.12. The molecule has 0 amide bonds. The Morgan fingerprint density at radius 1 is 1.43 bits per heavy atom. The molecule has 0 aromatic carbocycles. The molecule has 0 saturated carbocycles. The van der Waals surface area contributed by atoms with E-state index < -0.39 is 0 Å². The quantitative estimate of drug-likeness (QED) is 0.756. The number of aromatic nitrogens is 1. The summed E-state index contributed by atoms with van der Waals surface area (Å²) in [6.07, 6.45) is 1.96. The first-order valence-electron chi connectivity index (χ1n) is 5.10. The normalized spacial score (nSPS) is 12.8. The summed E-state index contributed by atoms with van der Waals surface area (Å²) in [7, 11) is 0. The Hall–Kier alpha value is -0.540. The van der Waals surface area contributed by atoms with Gasteiger partial charge in [0.05, 0.1) is 5.03 Å². The van der Waals surface area contributed by atoms with Crippen molar-refractivity contribution in [2.45, 2.75) is 31.8 Å². The van der Waals surface area contributed by atoms with E-state index in [-0.39, 0.29) is 0 Å². The van der Waals surface area contributed by atoms with Crippen molar-refractivity contribution in [1.82, 2.24) is 10.3 Å². The monoisotopic (exact) mass is 210 g/mol. The van der Waals surface area contributed by atoms with Crippen LogP contribution in [0, 0.1) is 0 Å². The molecule has 1 aromatic rings. The number of hydrogen-bond donors (Lipinski definition) is 1. The van der Waals surface area contributed by atoms with Crippen LogP contribution in [0.15, 0.2) is 23.4 Å². The number of nitrogens with one attached hydrogen (secondary N) is 1. The average Bonchev–Trinajstić information content (AvgIpc) is 2.20. The Morgan fingerprint density at radius 2 is 2.21 bits per heavy atom. The lowest BCUT2D eigenvalue weighted by molar-refractivity contribution is 0.595. The van der Waals surface area contributed by atoms with Crippen LogP contribution in [0.2, 0.25) is 0 Å². The van der Waals surface area contributed by atoms with E-state index in [9.17, 15) is 0 Å². The van der Waals surface area contributed by atoms with E-state index in [4.69, 9.17) is 0 Å². The minimum atomic E-state index is 0.396. The van der Waals surface area contributed by atoms with Crippen LogP contribution in [-0.4, -0.2) is 17.3 Å². The Balaban J connectivity index is 2.62. The molecule has 0 aliphatic carbocycles. The van der Waals surface area contributed by atoms with E-state index in [1.165, 1.54) is 5.56 Å². The van der Waals surface area contributed by atoms with Gasteiger partial charge in [0.25, 0.3) is 0 Å². The van der Waals surface area contributed by atoms with Crippen LogP contribution >= 0.6 is 11.8 Å². The maximum absolute atomic E-state index is 4.39. The maximum Gasteiger partial charge on any atom is 0.0959 e. The van der Waals surface area contributed by atoms with Gasteiger partial charge in [-0.2, -0.15) is 0 Å². The number of thioether (sulfide) groups is 1. The molecule has 2 nitrogen and oxygen atoms in total. The zero-order valence-corrected chi connectivity index (χ0v) is 9.90. The van der Waals surface area contributed by atoms with Crippen LogP contribution < -0.4 is 5.32 Å². The molecule has 1 unspecified atom stereocenters. The van der Waals surface area contributed by atoms with E-state index in [2.05, 4.69) is 43.2 Å². The summed E-state index contributed by atoms with van der Waals surface area (Å²) < 4.78 is 0. The molecular formula is C11H18N2S. The second kappa shape index (κ2) is 6.04. The van der Waals surface area contributed by atoms with Gasteiger partial charge in [0, 0.05) is 12.2 Å². The summed E-state index contributed by atoms with van der Waals surface area (Å²) in [5.41, 5.74) is 1.26. The molecule has 0 aliphatic heterocycles. The highest BCUT2D eigenvalue weighted by Gasteiger charge is 2.03. The van der Waals surface area contributed by atoms with Crippen LogP contribution in [0.5, 0.6) is 0 Å². The molecule has 3 heteroatoms. The molecule has 1 N–H and O–H groups in total. The molecule has 0 bridgehead atoms. The lowest BCUT2D eigenvalue weighted by Crippen LogP contribution is -2.17. The number of hydrogen-bond acceptors (Lipinski definition) is 3. The van der Waals surface area contributed by atoms with Gasteiger partial charge in [-0.15, -0.1) is 11.8 Å². The number of rotatable bonds is 5. The van der Waals surface area contributed by atoms with Crippen molar-refractivity contribution in [3.05, 3.63) is 23.9 Å². The Bertz CT molecular complexity index is 258. The summed E-state index contributed by atoms with van der Waals surface area (Å²) in [6.45, 7) is 7.41. The van der Waals surface area contributed by atoms with Crippen molar-refractivity contribution in [2.24, 2.45) is 0 Å². The summed E-state index contributed by atoms with van der Waals surface area (Å²) in [4.78, 5) is 4.39. The molecule has 1 rings (SSSR count). The molecule has 1 atom stereocenters. The fourth-order valence-electron chi connectivity index (χ4n) is 1.31. The third-order valence-corrected chi connectivity index (χ3v) is 2.89. The van der Waals surface area contributed by atoms with Crippen LogP contribution in [0.3, 0.4) is 0 Å². The van der Waals surface area contributed by atoms with E-state index >= 15 is 0 Å². The van der Waals surface area contributed by atoms with Gasteiger partial charge < -0.3 is 5.32 Å². The van der Waals surface area contributed by atoms with Gasteiger partial charge in [-0.05, 0) is 30.9 Å². The van der Waals surface area contributed by atoms with Crippen molar-refractivity contribution in [1.29, 1.82) is 0 Å². The van der Waals surface area contributed by atoms with E-state index in [0.29, 0.717) is 6.04 Å². The number of pyridine rings is 1. The molecule has 0 spiro atoms. The fraction of sp³-hybridized carbons (Fsp3) is 0.545. The van der Waals surface area contributed by atoms with Crippen molar-refractivity contribution in [2.75, 3.05) is 12.3 Å². The van der Waals surface area contributed by atoms with Gasteiger partial charge in [0.1, 0.15) is 0 Å². The molecule has 0 aliphatic rings. The van der Waals surface area contributed by atoms with Crippen molar-refractivity contribution in [3.8, 4) is 0 Å². The first-order valence-corrected chi connectivity index (χ1v) is 6.08. The summed E-state index contributed by atoms with van der Waals surface area (Å²) in [5, 5.41) is 4.48. The van der Waals surface area contributed by atoms with E-state index in [0.717, 1.165) is 17.3 Å². The third kappa shape index (κ3) is 3.31. The zero-order chi connectivity index (χ0) is 10.4. The first kappa shape index (κ1) is 11.5. The summed E-state index contributed by atoms with van der Waals surface area (Å²) >= 11 is 1.78. The molecule has 1 heterocycles. The Morgan fingerprint density at radius 3 is 2.71 bits per heavy atom. The largest absolute Gasteiger partial charge is 0.310 e. The Labute approximate surface area is 90.5 Å². The highest BCUT2D eigenvalue weighted by molar-refractivity contribution is 7.99. The summed E-state index contributed by atoms with van der Waals surface area (Å²) in [5.74, 6) is 1.08. The molecule has 0 saturated heterocycles. The highest BCUT2D eigenvalue weighted by atomic mass is 32.2. The van der Waals surface area contributed by atoms with E-state index in [1.54, 1.807) is 11.8 Å². The zero-order valence-electron chi connectivity index (χ0n) is 9.08. The molecule has 1 aromatic heterocycles. The second-order valence-electron chi connectivity index (χ2n) is 3.14. The predicted molar refractivity (Wildman–Crippen MR) is 62.7 cm³/mol. The highest BCUT2D eigenvalue weighted by Crippen LogP contribution is 2.17. The average molecular weight is 210 g/mol.